The predicted octanol–water partition coefficient (Wildman–Crippen LogP) is 3.67. The molecule has 0 aliphatic rings. The first-order chi connectivity index (χ1) is 8.78. The van der Waals surface area contributed by atoms with Crippen LogP contribution in [0.5, 0.6) is 5.75 Å². The van der Waals surface area contributed by atoms with Gasteiger partial charge in [0.05, 0.1) is 12.4 Å². The van der Waals surface area contributed by atoms with Crippen molar-refractivity contribution in [3.05, 3.63) is 29.3 Å². The Bertz CT molecular complexity index is 511. The van der Waals surface area contributed by atoms with Crippen LogP contribution in [0.1, 0.15) is 30.9 Å². The molecule has 1 aromatic carbocycles. The maximum atomic E-state index is 10.8. The van der Waals surface area contributed by atoms with Gasteiger partial charge in [-0.1, -0.05) is 19.1 Å². The molecule has 0 fully saturated rings. The maximum Gasteiger partial charge on any atom is 0.232 e. The van der Waals surface area contributed by atoms with Crippen molar-refractivity contribution in [3.8, 4) is 5.75 Å². The summed E-state index contributed by atoms with van der Waals surface area (Å²) in [5, 5.41) is 0. The molecule has 1 rings (SSSR count). The van der Waals surface area contributed by atoms with E-state index in [9.17, 15) is 8.42 Å². The van der Waals surface area contributed by atoms with Crippen LogP contribution in [0.4, 0.5) is 0 Å². The van der Waals surface area contributed by atoms with Gasteiger partial charge in [-0.2, -0.15) is 0 Å². The minimum absolute atomic E-state index is 0.0270. The van der Waals surface area contributed by atoms with Crippen LogP contribution in [-0.2, 0) is 9.05 Å². The first-order valence-electron chi connectivity index (χ1n) is 6.40. The van der Waals surface area contributed by atoms with Crippen molar-refractivity contribution < 1.29 is 13.2 Å². The number of rotatable bonds is 7. The zero-order chi connectivity index (χ0) is 14.5. The molecule has 5 heteroatoms. The van der Waals surface area contributed by atoms with Crippen molar-refractivity contribution in [3.63, 3.8) is 0 Å². The summed E-state index contributed by atoms with van der Waals surface area (Å²) >= 11 is 0. The highest BCUT2D eigenvalue weighted by Crippen LogP contribution is 2.20. The summed E-state index contributed by atoms with van der Waals surface area (Å²) in [7, 11) is 1.81. The predicted molar refractivity (Wildman–Crippen MR) is 79.4 cm³/mol. The number of ether oxygens (including phenoxy) is 1. The van der Waals surface area contributed by atoms with Crippen molar-refractivity contribution in [1.82, 2.24) is 0 Å². The van der Waals surface area contributed by atoms with Crippen LogP contribution in [0.2, 0.25) is 0 Å². The molecule has 1 aromatic rings. The molecule has 0 amide bonds. The summed E-state index contributed by atoms with van der Waals surface area (Å²) in [6.07, 6.45) is 1.39. The number of halogens is 1. The highest BCUT2D eigenvalue weighted by atomic mass is 35.7. The van der Waals surface area contributed by atoms with Crippen LogP contribution in [0.15, 0.2) is 18.2 Å². The number of hydrogen-bond donors (Lipinski definition) is 0. The Labute approximate surface area is 120 Å². The Morgan fingerprint density at radius 3 is 2.58 bits per heavy atom. The van der Waals surface area contributed by atoms with E-state index in [1.165, 1.54) is 5.56 Å². The Kier molecular flexibility index (Phi) is 6.14. The first-order valence-corrected chi connectivity index (χ1v) is 8.88. The van der Waals surface area contributed by atoms with Gasteiger partial charge in [0.1, 0.15) is 5.75 Å². The smallest absolute Gasteiger partial charge is 0.232 e. The van der Waals surface area contributed by atoms with Gasteiger partial charge >= 0.3 is 0 Å². The standard InChI is InChI=1S/C14H21ClO3S/c1-11(7-9-19(15,16)17)6-8-18-14-10-12(2)4-5-13(14)3/h4-5,10-11H,6-9H2,1-3H3. The Morgan fingerprint density at radius 2 is 1.95 bits per heavy atom. The molecule has 0 spiro atoms. The summed E-state index contributed by atoms with van der Waals surface area (Å²) in [5.41, 5.74) is 2.28. The molecule has 0 bridgehead atoms. The van der Waals surface area contributed by atoms with Crippen LogP contribution in [0.3, 0.4) is 0 Å². The van der Waals surface area contributed by atoms with E-state index in [4.69, 9.17) is 15.4 Å². The minimum Gasteiger partial charge on any atom is -0.493 e. The van der Waals surface area contributed by atoms with Crippen molar-refractivity contribution in [1.29, 1.82) is 0 Å². The lowest BCUT2D eigenvalue weighted by atomic mass is 10.1. The van der Waals surface area contributed by atoms with Gasteiger partial charge in [-0.25, -0.2) is 8.42 Å². The topological polar surface area (TPSA) is 43.4 Å². The van der Waals surface area contributed by atoms with E-state index in [1.54, 1.807) is 0 Å². The monoisotopic (exact) mass is 304 g/mol. The van der Waals surface area contributed by atoms with E-state index in [0.717, 1.165) is 17.7 Å². The quantitative estimate of drug-likeness (QED) is 0.722. The summed E-state index contributed by atoms with van der Waals surface area (Å²) in [4.78, 5) is 0. The van der Waals surface area contributed by atoms with Crippen molar-refractivity contribution in [2.75, 3.05) is 12.4 Å². The minimum atomic E-state index is -3.38. The zero-order valence-electron chi connectivity index (χ0n) is 11.6. The molecule has 0 saturated carbocycles. The second-order valence-electron chi connectivity index (χ2n) is 5.04. The van der Waals surface area contributed by atoms with Crippen LogP contribution in [-0.4, -0.2) is 20.8 Å². The SMILES string of the molecule is Cc1ccc(C)c(OCCC(C)CCS(=O)(=O)Cl)c1. The van der Waals surface area contributed by atoms with Gasteiger partial charge in [0.2, 0.25) is 9.05 Å². The van der Waals surface area contributed by atoms with Gasteiger partial charge in [-0.3, -0.25) is 0 Å². The van der Waals surface area contributed by atoms with Crippen LogP contribution in [0.25, 0.3) is 0 Å². The fourth-order valence-corrected chi connectivity index (χ4v) is 2.67. The molecule has 3 nitrogen and oxygen atoms in total. The Balaban J connectivity index is 2.35. The molecule has 0 saturated heterocycles. The van der Waals surface area contributed by atoms with Gasteiger partial charge in [-0.05, 0) is 49.8 Å². The lowest BCUT2D eigenvalue weighted by Gasteiger charge is -2.13. The maximum absolute atomic E-state index is 10.8. The third-order valence-electron chi connectivity index (χ3n) is 3.07. The van der Waals surface area contributed by atoms with Crippen LogP contribution < -0.4 is 4.74 Å². The molecule has 108 valence electrons. The molecular weight excluding hydrogens is 284 g/mol. The average Bonchev–Trinajstić information content (AvgIpc) is 2.30. The molecule has 1 unspecified atom stereocenters. The van der Waals surface area contributed by atoms with Gasteiger partial charge in [0.25, 0.3) is 0 Å². The first kappa shape index (κ1) is 16.3. The van der Waals surface area contributed by atoms with Gasteiger partial charge < -0.3 is 4.74 Å². The van der Waals surface area contributed by atoms with Crippen molar-refractivity contribution >= 4 is 19.7 Å². The third kappa shape index (κ3) is 6.83. The summed E-state index contributed by atoms with van der Waals surface area (Å²) in [6, 6.07) is 6.10. The molecule has 0 aliphatic carbocycles. The van der Waals surface area contributed by atoms with E-state index >= 15 is 0 Å². The van der Waals surface area contributed by atoms with Gasteiger partial charge in [0, 0.05) is 10.7 Å². The lowest BCUT2D eigenvalue weighted by molar-refractivity contribution is 0.280. The number of hydrogen-bond acceptors (Lipinski definition) is 3. The second kappa shape index (κ2) is 7.15. The number of benzene rings is 1. The van der Waals surface area contributed by atoms with Crippen molar-refractivity contribution in [2.45, 2.75) is 33.6 Å². The van der Waals surface area contributed by atoms with E-state index in [0.29, 0.717) is 13.0 Å². The van der Waals surface area contributed by atoms with Gasteiger partial charge in [0.15, 0.2) is 0 Å². The fraction of sp³-hybridized carbons (Fsp3) is 0.571. The highest BCUT2D eigenvalue weighted by molar-refractivity contribution is 8.13. The average molecular weight is 305 g/mol. The lowest BCUT2D eigenvalue weighted by Crippen LogP contribution is -2.09. The van der Waals surface area contributed by atoms with E-state index < -0.39 is 9.05 Å². The van der Waals surface area contributed by atoms with Gasteiger partial charge in [-0.15, -0.1) is 0 Å². The number of aryl methyl sites for hydroxylation is 2. The largest absolute Gasteiger partial charge is 0.493 e. The fourth-order valence-electron chi connectivity index (χ4n) is 1.72. The normalized spacial score (nSPS) is 13.3. The zero-order valence-corrected chi connectivity index (χ0v) is 13.2. The molecule has 19 heavy (non-hydrogen) atoms. The van der Waals surface area contributed by atoms with E-state index in [2.05, 4.69) is 6.07 Å². The summed E-state index contributed by atoms with van der Waals surface area (Å²) in [5.74, 6) is 1.20. The van der Waals surface area contributed by atoms with E-state index in [1.807, 2.05) is 32.9 Å². The summed E-state index contributed by atoms with van der Waals surface area (Å²) < 4.78 is 27.4. The second-order valence-corrected chi connectivity index (χ2v) is 7.94. The summed E-state index contributed by atoms with van der Waals surface area (Å²) in [6.45, 7) is 6.64. The molecule has 0 aromatic heterocycles. The van der Waals surface area contributed by atoms with Crippen LogP contribution in [0, 0.1) is 19.8 Å². The highest BCUT2D eigenvalue weighted by Gasteiger charge is 2.10. The Morgan fingerprint density at radius 1 is 1.26 bits per heavy atom. The molecule has 0 radical (unpaired) electrons. The van der Waals surface area contributed by atoms with Crippen LogP contribution >= 0.6 is 10.7 Å². The Hall–Kier alpha value is -0.740. The molecule has 1 atom stereocenters. The van der Waals surface area contributed by atoms with Crippen molar-refractivity contribution in [2.24, 2.45) is 5.92 Å². The third-order valence-corrected chi connectivity index (χ3v) is 4.25. The molecule has 0 N–H and O–H groups in total. The molecule has 0 heterocycles. The van der Waals surface area contributed by atoms with E-state index in [-0.39, 0.29) is 11.7 Å². The molecular formula is C14H21ClO3S. The molecule has 0 aliphatic heterocycles.